The van der Waals surface area contributed by atoms with E-state index >= 15 is 0 Å². The minimum atomic E-state index is -0.302. The van der Waals surface area contributed by atoms with Crippen molar-refractivity contribution >= 4 is 57.4 Å². The van der Waals surface area contributed by atoms with Crippen molar-refractivity contribution in [3.63, 3.8) is 0 Å². The number of nitrogens with zero attached hydrogens (tertiary/aromatic N) is 3. The van der Waals surface area contributed by atoms with E-state index in [4.69, 9.17) is 17.3 Å². The molecule has 1 aliphatic heterocycles. The van der Waals surface area contributed by atoms with E-state index in [0.717, 1.165) is 17.4 Å². The van der Waals surface area contributed by atoms with Gasteiger partial charge in [0.1, 0.15) is 5.82 Å². The molecule has 4 nitrogen and oxygen atoms in total. The van der Waals surface area contributed by atoms with Crippen molar-refractivity contribution in [2.24, 2.45) is 5.10 Å². The highest BCUT2D eigenvalue weighted by Crippen LogP contribution is 2.31. The second-order valence-electron chi connectivity index (χ2n) is 8.57. The predicted molar refractivity (Wildman–Crippen MR) is 154 cm³/mol. The third kappa shape index (κ3) is 7.22. The Morgan fingerprint density at radius 3 is 2.66 bits per heavy atom. The van der Waals surface area contributed by atoms with Crippen LogP contribution in [0.4, 0.5) is 15.8 Å². The van der Waals surface area contributed by atoms with Gasteiger partial charge in [-0.05, 0) is 54.2 Å². The Balaban J connectivity index is 1.64. The minimum Gasteiger partial charge on any atom is -0.332 e. The second-order valence-corrected chi connectivity index (χ2v) is 12.0. The fraction of sp³-hybridized carbons (Fsp3) is 0.259. The minimum absolute atomic E-state index is 0.302. The molecule has 1 fully saturated rings. The van der Waals surface area contributed by atoms with Crippen molar-refractivity contribution in [2.75, 3.05) is 16.9 Å². The van der Waals surface area contributed by atoms with E-state index in [1.165, 1.54) is 22.6 Å². The molecule has 0 aliphatic carbocycles. The lowest BCUT2D eigenvalue weighted by molar-refractivity contribution is 0.627. The van der Waals surface area contributed by atoms with E-state index in [0.29, 0.717) is 27.8 Å². The van der Waals surface area contributed by atoms with Gasteiger partial charge >= 0.3 is 0 Å². The highest BCUT2D eigenvalue weighted by atomic mass is 32.2. The summed E-state index contributed by atoms with van der Waals surface area (Å²) >= 11 is 9.24. The molecule has 0 radical (unpaired) electrons. The zero-order valence-electron chi connectivity index (χ0n) is 20.0. The Morgan fingerprint density at radius 2 is 1.91 bits per heavy atom. The molecule has 35 heavy (non-hydrogen) atoms. The van der Waals surface area contributed by atoms with Gasteiger partial charge in [0.25, 0.3) is 0 Å². The van der Waals surface area contributed by atoms with Crippen LogP contribution in [0.5, 0.6) is 0 Å². The third-order valence-corrected chi connectivity index (χ3v) is 7.55. The van der Waals surface area contributed by atoms with Crippen LogP contribution in [0.1, 0.15) is 26.3 Å². The van der Waals surface area contributed by atoms with E-state index in [9.17, 15) is 4.39 Å². The van der Waals surface area contributed by atoms with E-state index in [-0.39, 0.29) is 5.82 Å². The summed E-state index contributed by atoms with van der Waals surface area (Å²) in [5, 5.41) is 12.5. The first-order valence-electron chi connectivity index (χ1n) is 11.5. The molecule has 8 heteroatoms. The summed E-state index contributed by atoms with van der Waals surface area (Å²) in [5.41, 5.74) is 2.82. The maximum atomic E-state index is 13.7. The first-order chi connectivity index (χ1) is 16.9. The first kappa shape index (κ1) is 25.5. The normalized spacial score (nSPS) is 16.7. The van der Waals surface area contributed by atoms with Gasteiger partial charge in [-0.25, -0.2) is 4.39 Å². The number of anilines is 2. The zero-order chi connectivity index (χ0) is 24.8. The van der Waals surface area contributed by atoms with Crippen molar-refractivity contribution in [1.82, 2.24) is 4.90 Å². The van der Waals surface area contributed by atoms with Gasteiger partial charge in [-0.1, -0.05) is 75.0 Å². The predicted octanol–water partition coefficient (Wildman–Crippen LogP) is 7.44. The summed E-state index contributed by atoms with van der Waals surface area (Å²) in [6.45, 7) is 7.91. The molecular weight excluding hydrogens is 496 g/mol. The lowest BCUT2D eigenvalue weighted by Crippen LogP contribution is -2.37. The van der Waals surface area contributed by atoms with Crippen LogP contribution in [0.2, 0.25) is 0 Å². The molecule has 0 aromatic heterocycles. The number of thioether (sulfide) groups is 2. The summed E-state index contributed by atoms with van der Waals surface area (Å²) in [7, 11) is 0. The molecule has 0 saturated carbocycles. The Bertz CT molecular complexity index is 1190. The van der Waals surface area contributed by atoms with Crippen LogP contribution in [0.3, 0.4) is 0 Å². The second kappa shape index (κ2) is 11.9. The van der Waals surface area contributed by atoms with Crippen molar-refractivity contribution in [3.8, 4) is 0 Å². The lowest BCUT2D eigenvalue weighted by atomic mass is 10.2. The zero-order valence-corrected chi connectivity index (χ0v) is 22.5. The molecule has 182 valence electrons. The van der Waals surface area contributed by atoms with Crippen molar-refractivity contribution in [1.29, 1.82) is 0 Å². The molecule has 4 rings (SSSR count). The summed E-state index contributed by atoms with van der Waals surface area (Å²) in [4.78, 5) is 3.21. The Hall–Kier alpha value is -2.55. The summed E-state index contributed by atoms with van der Waals surface area (Å²) in [6.07, 6.45) is 0. The quantitative estimate of drug-likeness (QED) is 0.196. The molecule has 1 saturated heterocycles. The van der Waals surface area contributed by atoms with Gasteiger partial charge in [-0.3, -0.25) is 9.91 Å². The van der Waals surface area contributed by atoms with Gasteiger partial charge in [-0.15, -0.1) is 16.9 Å². The van der Waals surface area contributed by atoms with Crippen LogP contribution in [0.25, 0.3) is 0 Å². The Morgan fingerprint density at radius 1 is 1.14 bits per heavy atom. The highest BCUT2D eigenvalue weighted by Gasteiger charge is 2.30. The third-order valence-electron chi connectivity index (χ3n) is 5.17. The smallest absolute Gasteiger partial charge is 0.190 e. The molecule has 1 N–H and O–H groups in total. The summed E-state index contributed by atoms with van der Waals surface area (Å²) in [6, 6.07) is 25.2. The average Bonchev–Trinajstić information content (AvgIpc) is 3.19. The number of nitrogens with one attached hydrogen (secondary N) is 1. The van der Waals surface area contributed by atoms with Crippen LogP contribution >= 0.6 is 35.7 Å². The summed E-state index contributed by atoms with van der Waals surface area (Å²) < 4.78 is 13.7. The van der Waals surface area contributed by atoms with Crippen molar-refractivity contribution in [3.05, 3.63) is 90.2 Å². The highest BCUT2D eigenvalue weighted by molar-refractivity contribution is 8.14. The molecule has 3 aromatic rings. The van der Waals surface area contributed by atoms with Crippen molar-refractivity contribution in [2.45, 2.75) is 42.7 Å². The number of amidine groups is 1. The number of thiocarbonyl (C=S) groups is 1. The number of hydrogen-bond donors (Lipinski definition) is 1. The number of halogens is 1. The van der Waals surface area contributed by atoms with Crippen LogP contribution in [-0.2, 0) is 6.54 Å². The van der Waals surface area contributed by atoms with E-state index in [1.54, 1.807) is 23.9 Å². The maximum Gasteiger partial charge on any atom is 0.190 e. The maximum absolute atomic E-state index is 13.7. The van der Waals surface area contributed by atoms with E-state index in [2.05, 4.69) is 62.5 Å². The molecule has 1 aliphatic rings. The molecular formula is C27H29FN4S3. The fourth-order valence-corrected chi connectivity index (χ4v) is 5.90. The van der Waals surface area contributed by atoms with Gasteiger partial charge in [0, 0.05) is 27.6 Å². The van der Waals surface area contributed by atoms with Gasteiger partial charge in [-0.2, -0.15) is 0 Å². The van der Waals surface area contributed by atoms with Crippen LogP contribution < -0.4 is 10.3 Å². The first-order valence-corrected chi connectivity index (χ1v) is 13.7. The topological polar surface area (TPSA) is 30.9 Å². The van der Waals surface area contributed by atoms with Crippen LogP contribution in [-0.4, -0.2) is 32.2 Å². The monoisotopic (exact) mass is 524 g/mol. The number of hydrogen-bond acceptors (Lipinski definition) is 5. The molecule has 0 bridgehead atoms. The standard InChI is InChI=1S/C27H29FN4S3/c1-19(2)34-25-14-8-13-24(16-25)32(18-21-9-5-4-6-10-21)30-27-31(17-20(3)35-27)26(33)29-23-12-7-11-22(28)15-23/h4-16,19-20H,17-18H2,1-3H3,(H,29,33). The summed E-state index contributed by atoms with van der Waals surface area (Å²) in [5.74, 6) is -0.302. The lowest BCUT2D eigenvalue weighted by Gasteiger charge is -2.25. The average molecular weight is 525 g/mol. The molecule has 0 spiro atoms. The molecule has 1 unspecified atom stereocenters. The SMILES string of the molecule is CC(C)Sc1cccc(N(Cc2ccccc2)N=C2SC(C)CN2C(=S)Nc2cccc(F)c2)c1. The van der Waals surface area contributed by atoms with Gasteiger partial charge in [0.15, 0.2) is 10.3 Å². The number of hydrazone groups is 1. The number of rotatable bonds is 7. The number of benzene rings is 3. The van der Waals surface area contributed by atoms with Gasteiger partial charge < -0.3 is 5.32 Å². The van der Waals surface area contributed by atoms with Gasteiger partial charge in [0.05, 0.1) is 12.2 Å². The Kier molecular flexibility index (Phi) is 8.70. The van der Waals surface area contributed by atoms with Crippen LogP contribution in [0.15, 0.2) is 88.9 Å². The molecule has 1 atom stereocenters. The van der Waals surface area contributed by atoms with Crippen molar-refractivity contribution < 1.29 is 4.39 Å². The molecule has 0 amide bonds. The van der Waals surface area contributed by atoms with E-state index < -0.39 is 0 Å². The fourth-order valence-electron chi connectivity index (χ4n) is 3.65. The molecule has 3 aromatic carbocycles. The largest absolute Gasteiger partial charge is 0.332 e. The van der Waals surface area contributed by atoms with E-state index in [1.807, 2.05) is 39.9 Å². The van der Waals surface area contributed by atoms with Crippen LogP contribution in [0, 0.1) is 5.82 Å². The Labute approximate surface area is 221 Å². The molecule has 1 heterocycles. The van der Waals surface area contributed by atoms with Gasteiger partial charge in [0.2, 0.25) is 0 Å².